The van der Waals surface area contributed by atoms with Crippen molar-refractivity contribution >= 4 is 0 Å². The third-order valence-electron chi connectivity index (χ3n) is 5.48. The third-order valence-corrected chi connectivity index (χ3v) is 5.48. The Bertz CT molecular complexity index is 417. The van der Waals surface area contributed by atoms with Crippen molar-refractivity contribution < 1.29 is 0 Å². The fraction of sp³-hybridized carbons (Fsp3) is 0.667. The number of piperidine rings is 1. The van der Waals surface area contributed by atoms with Gasteiger partial charge in [0.25, 0.3) is 0 Å². The highest BCUT2D eigenvalue weighted by Crippen LogP contribution is 2.39. The first-order valence-electron chi connectivity index (χ1n) is 8.37. The van der Waals surface area contributed by atoms with Crippen LogP contribution in [0.15, 0.2) is 30.3 Å². The van der Waals surface area contributed by atoms with E-state index in [0.717, 1.165) is 18.4 Å². The van der Waals surface area contributed by atoms with Crippen molar-refractivity contribution in [1.82, 2.24) is 4.90 Å². The van der Waals surface area contributed by atoms with Crippen LogP contribution in [0, 0.1) is 5.92 Å². The summed E-state index contributed by atoms with van der Waals surface area (Å²) < 4.78 is 0. The molecule has 1 heterocycles. The molecular weight excluding hydrogens is 244 g/mol. The Labute approximate surface area is 123 Å². The highest BCUT2D eigenvalue weighted by Gasteiger charge is 2.39. The topological polar surface area (TPSA) is 29.3 Å². The van der Waals surface area contributed by atoms with Crippen LogP contribution in [0.3, 0.4) is 0 Å². The average molecular weight is 272 g/mol. The molecule has 0 bridgehead atoms. The molecule has 0 amide bonds. The molecule has 2 heteroatoms. The summed E-state index contributed by atoms with van der Waals surface area (Å²) in [7, 11) is 0. The Balaban J connectivity index is 1.78. The SMILES string of the molecule is CCC(C(N)c1ccccc1)N1CCCC2CCCC21. The second kappa shape index (κ2) is 6.28. The summed E-state index contributed by atoms with van der Waals surface area (Å²) in [4.78, 5) is 2.76. The minimum absolute atomic E-state index is 0.153. The highest BCUT2D eigenvalue weighted by atomic mass is 15.2. The van der Waals surface area contributed by atoms with E-state index in [1.807, 2.05) is 0 Å². The standard InChI is InChI=1S/C18H28N2/c1-2-16(18(19)15-8-4-3-5-9-15)20-13-7-11-14-10-6-12-17(14)20/h3-5,8-9,14,16-18H,2,6-7,10-13,19H2,1H3. The van der Waals surface area contributed by atoms with E-state index in [9.17, 15) is 0 Å². The van der Waals surface area contributed by atoms with Gasteiger partial charge in [-0.15, -0.1) is 0 Å². The van der Waals surface area contributed by atoms with Gasteiger partial charge >= 0.3 is 0 Å². The van der Waals surface area contributed by atoms with E-state index in [0.29, 0.717) is 6.04 Å². The molecule has 2 fully saturated rings. The molecule has 1 aromatic rings. The predicted molar refractivity (Wildman–Crippen MR) is 84.5 cm³/mol. The molecule has 4 atom stereocenters. The van der Waals surface area contributed by atoms with Crippen molar-refractivity contribution in [3.8, 4) is 0 Å². The van der Waals surface area contributed by atoms with Gasteiger partial charge in [0.1, 0.15) is 0 Å². The molecule has 2 aliphatic rings. The summed E-state index contributed by atoms with van der Waals surface area (Å²) in [6, 6.07) is 12.1. The van der Waals surface area contributed by atoms with Crippen molar-refractivity contribution in [3.05, 3.63) is 35.9 Å². The van der Waals surface area contributed by atoms with Gasteiger partial charge in [-0.2, -0.15) is 0 Å². The zero-order chi connectivity index (χ0) is 13.9. The van der Waals surface area contributed by atoms with E-state index < -0.39 is 0 Å². The third kappa shape index (κ3) is 2.64. The Kier molecular flexibility index (Phi) is 4.42. The van der Waals surface area contributed by atoms with Gasteiger partial charge in [0.05, 0.1) is 0 Å². The molecule has 2 N–H and O–H groups in total. The molecule has 3 rings (SSSR count). The van der Waals surface area contributed by atoms with E-state index >= 15 is 0 Å². The lowest BCUT2D eigenvalue weighted by atomic mass is 9.87. The molecule has 1 aliphatic heterocycles. The van der Waals surface area contributed by atoms with Crippen LogP contribution in [-0.2, 0) is 0 Å². The Hall–Kier alpha value is -0.860. The largest absolute Gasteiger partial charge is 0.323 e. The number of hydrogen-bond donors (Lipinski definition) is 1. The minimum atomic E-state index is 0.153. The van der Waals surface area contributed by atoms with Crippen LogP contribution in [0.4, 0.5) is 0 Å². The number of hydrogen-bond acceptors (Lipinski definition) is 2. The molecule has 20 heavy (non-hydrogen) atoms. The van der Waals surface area contributed by atoms with Gasteiger partial charge in [0.15, 0.2) is 0 Å². The van der Waals surface area contributed by atoms with Crippen LogP contribution >= 0.6 is 0 Å². The summed E-state index contributed by atoms with van der Waals surface area (Å²) in [6.45, 7) is 3.55. The lowest BCUT2D eigenvalue weighted by Gasteiger charge is -2.44. The number of rotatable bonds is 4. The van der Waals surface area contributed by atoms with Crippen molar-refractivity contribution in [2.24, 2.45) is 11.7 Å². The van der Waals surface area contributed by atoms with Gasteiger partial charge in [-0.1, -0.05) is 43.7 Å². The zero-order valence-corrected chi connectivity index (χ0v) is 12.7. The number of likely N-dealkylation sites (tertiary alicyclic amines) is 1. The molecule has 2 nitrogen and oxygen atoms in total. The van der Waals surface area contributed by atoms with Crippen LogP contribution in [0.25, 0.3) is 0 Å². The van der Waals surface area contributed by atoms with Crippen LogP contribution in [-0.4, -0.2) is 23.5 Å². The van der Waals surface area contributed by atoms with Gasteiger partial charge in [0, 0.05) is 18.1 Å². The molecule has 110 valence electrons. The van der Waals surface area contributed by atoms with Crippen LogP contribution in [0.2, 0.25) is 0 Å². The Morgan fingerprint density at radius 3 is 2.65 bits per heavy atom. The first kappa shape index (κ1) is 14.1. The molecule has 1 aromatic carbocycles. The monoisotopic (exact) mass is 272 g/mol. The summed E-state index contributed by atoms with van der Waals surface area (Å²) in [5, 5.41) is 0. The van der Waals surface area contributed by atoms with E-state index in [2.05, 4.69) is 42.2 Å². The van der Waals surface area contributed by atoms with Gasteiger partial charge in [0.2, 0.25) is 0 Å². The van der Waals surface area contributed by atoms with Crippen molar-refractivity contribution in [3.63, 3.8) is 0 Å². The predicted octanol–water partition coefficient (Wildman–Crippen LogP) is 3.73. The minimum Gasteiger partial charge on any atom is -0.323 e. The van der Waals surface area contributed by atoms with Crippen LogP contribution < -0.4 is 5.73 Å². The molecule has 4 unspecified atom stereocenters. The fourth-order valence-corrected chi connectivity index (χ4v) is 4.50. The number of benzene rings is 1. The first-order chi connectivity index (χ1) is 9.81. The smallest absolute Gasteiger partial charge is 0.0453 e. The molecule has 1 aliphatic carbocycles. The van der Waals surface area contributed by atoms with Gasteiger partial charge in [-0.25, -0.2) is 0 Å². The van der Waals surface area contributed by atoms with E-state index in [4.69, 9.17) is 5.73 Å². The second-order valence-electron chi connectivity index (χ2n) is 6.55. The molecule has 1 saturated carbocycles. The quantitative estimate of drug-likeness (QED) is 0.905. The molecular formula is C18H28N2. The maximum Gasteiger partial charge on any atom is 0.0453 e. The lowest BCUT2D eigenvalue weighted by Crippen LogP contribution is -2.52. The van der Waals surface area contributed by atoms with E-state index in [1.165, 1.54) is 44.2 Å². The maximum absolute atomic E-state index is 6.62. The van der Waals surface area contributed by atoms with E-state index in [-0.39, 0.29) is 6.04 Å². The zero-order valence-electron chi connectivity index (χ0n) is 12.7. The number of nitrogens with zero attached hydrogens (tertiary/aromatic N) is 1. The van der Waals surface area contributed by atoms with Crippen molar-refractivity contribution in [2.75, 3.05) is 6.54 Å². The van der Waals surface area contributed by atoms with Crippen LogP contribution in [0.1, 0.15) is 57.1 Å². The molecule has 0 radical (unpaired) electrons. The number of nitrogens with two attached hydrogens (primary N) is 1. The summed E-state index contributed by atoms with van der Waals surface area (Å²) in [6.07, 6.45) is 8.21. The summed E-state index contributed by atoms with van der Waals surface area (Å²) in [5.74, 6) is 0.945. The Morgan fingerprint density at radius 2 is 1.90 bits per heavy atom. The van der Waals surface area contributed by atoms with Crippen molar-refractivity contribution in [1.29, 1.82) is 0 Å². The lowest BCUT2D eigenvalue weighted by molar-refractivity contribution is 0.0529. The number of fused-ring (bicyclic) bond motifs is 1. The van der Waals surface area contributed by atoms with Gasteiger partial charge in [-0.05, 0) is 50.1 Å². The normalized spacial score (nSPS) is 29.9. The highest BCUT2D eigenvalue weighted by molar-refractivity contribution is 5.20. The van der Waals surface area contributed by atoms with Gasteiger partial charge in [-0.3, -0.25) is 4.90 Å². The van der Waals surface area contributed by atoms with Crippen LogP contribution in [0.5, 0.6) is 0 Å². The molecule has 0 spiro atoms. The molecule has 1 saturated heterocycles. The van der Waals surface area contributed by atoms with E-state index in [1.54, 1.807) is 0 Å². The molecule has 0 aromatic heterocycles. The fourth-order valence-electron chi connectivity index (χ4n) is 4.50. The summed E-state index contributed by atoms with van der Waals surface area (Å²) >= 11 is 0. The second-order valence-corrected chi connectivity index (χ2v) is 6.55. The maximum atomic E-state index is 6.62. The average Bonchev–Trinajstić information content (AvgIpc) is 2.98. The summed E-state index contributed by atoms with van der Waals surface area (Å²) in [5.41, 5.74) is 7.91. The Morgan fingerprint density at radius 1 is 1.15 bits per heavy atom. The van der Waals surface area contributed by atoms with Crippen molar-refractivity contribution in [2.45, 2.75) is 63.6 Å². The first-order valence-corrected chi connectivity index (χ1v) is 8.37. The van der Waals surface area contributed by atoms with Gasteiger partial charge < -0.3 is 5.73 Å².